The van der Waals surface area contributed by atoms with Crippen LogP contribution in [0.3, 0.4) is 0 Å². The van der Waals surface area contributed by atoms with Crippen LogP contribution in [-0.2, 0) is 6.42 Å². The average Bonchev–Trinajstić information content (AvgIpc) is 4.11. The number of aromatic nitrogens is 4. The number of fused-ring (bicyclic) bond motifs is 6. The fourth-order valence-corrected chi connectivity index (χ4v) is 21.8. The first-order chi connectivity index (χ1) is 34.3. The Labute approximate surface area is 372 Å². The summed E-state index contributed by atoms with van der Waals surface area (Å²) in [5, 5.41) is 6.48. The van der Waals surface area contributed by atoms with Crippen LogP contribution in [0.25, 0.3) is 72.3 Å². The van der Waals surface area contributed by atoms with Gasteiger partial charge >= 0.3 is 207 Å². The van der Waals surface area contributed by atoms with Crippen LogP contribution in [0, 0.1) is 6.33 Å². The van der Waals surface area contributed by atoms with Crippen LogP contribution in [0.4, 0.5) is 0 Å². The molecule has 3 aromatic heterocycles. The van der Waals surface area contributed by atoms with Gasteiger partial charge in [-0.2, -0.15) is 0 Å². The zero-order chi connectivity index (χ0) is 49.0. The van der Waals surface area contributed by atoms with Gasteiger partial charge in [-0.25, -0.2) is 0 Å². The number of aryl methyl sites for hydroxylation is 1. The van der Waals surface area contributed by atoms with Crippen molar-refractivity contribution in [2.24, 2.45) is 0 Å². The van der Waals surface area contributed by atoms with Gasteiger partial charge in [0.15, 0.2) is 0 Å². The summed E-state index contributed by atoms with van der Waals surface area (Å²) < 4.78 is 101. The summed E-state index contributed by atoms with van der Waals surface area (Å²) in [6, 6.07) is 31.8. The van der Waals surface area contributed by atoms with Crippen molar-refractivity contribution in [1.29, 1.82) is 0 Å². The Morgan fingerprint density at radius 3 is 2.08 bits per heavy atom. The van der Waals surface area contributed by atoms with E-state index in [1.54, 1.807) is 27.2 Å². The van der Waals surface area contributed by atoms with E-state index in [0.717, 1.165) is 34.0 Å². The van der Waals surface area contributed by atoms with E-state index in [1.807, 2.05) is 59.2 Å². The number of pyridine rings is 1. The van der Waals surface area contributed by atoms with Crippen LogP contribution in [0.2, 0.25) is 15.8 Å². The van der Waals surface area contributed by atoms with E-state index in [-0.39, 0.29) is 27.9 Å². The minimum absolute atomic E-state index is 0.119. The predicted octanol–water partition coefficient (Wildman–Crippen LogP) is 12.7. The van der Waals surface area contributed by atoms with Gasteiger partial charge in [0.25, 0.3) is 6.33 Å². The topological polar surface area (TPSA) is 35.9 Å². The van der Waals surface area contributed by atoms with Crippen molar-refractivity contribution in [2.45, 2.75) is 41.4 Å². The van der Waals surface area contributed by atoms with Crippen molar-refractivity contribution >= 4 is 50.5 Å². The molecule has 1 saturated heterocycles. The molecule has 7 aromatic carbocycles. The zero-order valence-electron chi connectivity index (χ0n) is 43.2. The first-order valence-corrected chi connectivity index (χ1v) is 26.4. The van der Waals surface area contributed by atoms with Crippen LogP contribution in [0.15, 0.2) is 182 Å². The van der Waals surface area contributed by atoms with Crippen molar-refractivity contribution < 1.29 is 23.0 Å². The Kier molecular flexibility index (Phi) is 6.60. The fraction of sp³-hybridized carbons (Fsp3) is 0.127. The van der Waals surface area contributed by atoms with Gasteiger partial charge in [-0.15, -0.1) is 0 Å². The molecule has 0 N–H and O–H groups in total. The van der Waals surface area contributed by atoms with Gasteiger partial charge in [0, 0.05) is 0 Å². The van der Waals surface area contributed by atoms with Crippen LogP contribution in [0.1, 0.15) is 38.5 Å². The molecule has 61 heavy (non-hydrogen) atoms. The van der Waals surface area contributed by atoms with Gasteiger partial charge in [0.2, 0.25) is 0 Å². The molecule has 294 valence electrons. The normalized spacial score (nSPS) is 16.9. The molecule has 10 aromatic rings. The summed E-state index contributed by atoms with van der Waals surface area (Å²) in [6.07, 6.45) is 10.7. The minimum atomic E-state index is -2.19. The summed E-state index contributed by atoms with van der Waals surface area (Å²) in [5.74, 6) is 2.12. The third kappa shape index (κ3) is 6.13. The van der Waals surface area contributed by atoms with E-state index in [4.69, 9.17) is 23.4 Å². The number of hydrogen-bond acceptors (Lipinski definition) is 2. The summed E-state index contributed by atoms with van der Waals surface area (Å²) in [7, 11) is 0. The van der Waals surface area contributed by atoms with Crippen molar-refractivity contribution in [3.05, 3.63) is 194 Å². The smallest absolute Gasteiger partial charge is 0.0666 e. The number of rotatable bonds is 7. The second-order valence-electron chi connectivity index (χ2n) is 16.1. The van der Waals surface area contributed by atoms with E-state index in [0.29, 0.717) is 28.2 Å². The molecule has 5 nitrogen and oxygen atoms in total. The molecule has 1 fully saturated rings. The molecular formula is C55H44GeN4O. The maximum atomic E-state index is 9.03. The molecule has 0 bridgehead atoms. The predicted molar refractivity (Wildman–Crippen MR) is 251 cm³/mol. The first kappa shape index (κ1) is 27.2. The standard InChI is InChI=1S/C55H44GeN4O/c1-3-16-39(17-4-1)45-24-14-25-46(40-18-5-2-6-19-40)55(45)59-38-58(51-27-9-10-28-52(51)59)42-21-13-22-43(34-42)61-44-29-30-48-47-23-7-8-26-50(47)60(53(48)35-44)54-36-49-41(37-57-54)20-15-33-56(49)31-11-12-32-56/h1-10,13-14,16-19,21-30,34-37H,11-12,15,20,31-33H2/i1D,2D,3D,4D,5D,6D,16D,17D,18D,19D. The maximum Gasteiger partial charge on any atom is 0.0811 e. The summed E-state index contributed by atoms with van der Waals surface area (Å²) in [4.78, 5) is 5.14. The van der Waals surface area contributed by atoms with Crippen LogP contribution < -0.4 is 13.7 Å². The Morgan fingerprint density at radius 1 is 0.623 bits per heavy atom. The summed E-state index contributed by atoms with van der Waals surface area (Å²) >= 11 is -2.19. The third-order valence-corrected chi connectivity index (χ3v) is 24.4. The Morgan fingerprint density at radius 2 is 1.30 bits per heavy atom. The van der Waals surface area contributed by atoms with E-state index < -0.39 is 73.7 Å². The van der Waals surface area contributed by atoms with Gasteiger partial charge in [-0.1, -0.05) is 103 Å². The molecule has 2 aliphatic rings. The second kappa shape index (κ2) is 14.8. The molecule has 6 heteroatoms. The number of ether oxygens (including phenoxy) is 1. The number of hydrogen-bond donors (Lipinski definition) is 0. The second-order valence-corrected chi connectivity index (χ2v) is 25.8. The molecule has 2 aliphatic heterocycles. The molecule has 0 unspecified atom stereocenters. The quantitative estimate of drug-likeness (QED) is 0.0909. The van der Waals surface area contributed by atoms with Crippen molar-refractivity contribution in [1.82, 2.24) is 14.1 Å². The monoisotopic (exact) mass is 860 g/mol. The van der Waals surface area contributed by atoms with Gasteiger partial charge in [0.1, 0.15) is 0 Å². The Hall–Kier alpha value is -6.70. The van der Waals surface area contributed by atoms with Gasteiger partial charge < -0.3 is 0 Å². The van der Waals surface area contributed by atoms with Crippen LogP contribution >= 0.6 is 0 Å². The summed E-state index contributed by atoms with van der Waals surface area (Å²) in [5.41, 5.74) is 5.74. The largest absolute Gasteiger partial charge is 0.0811 e. The molecule has 5 heterocycles. The van der Waals surface area contributed by atoms with Gasteiger partial charge in [0.05, 0.1) is 30.4 Å². The van der Waals surface area contributed by atoms with Crippen LogP contribution in [0.5, 0.6) is 11.5 Å². The Bertz CT molecular complexity index is 3740. The van der Waals surface area contributed by atoms with Crippen molar-refractivity contribution in [3.8, 4) is 50.9 Å². The fourth-order valence-electron chi connectivity index (χ4n) is 10.1. The molecule has 0 atom stereocenters. The first-order valence-electron chi connectivity index (χ1n) is 25.9. The number of para-hydroxylation sites is 4. The van der Waals surface area contributed by atoms with Gasteiger partial charge in [-0.3, -0.25) is 4.57 Å². The molecule has 0 radical (unpaired) electrons. The average molecular weight is 860 g/mol. The molecule has 0 aliphatic carbocycles. The number of nitrogens with zero attached hydrogens (tertiary/aromatic N) is 4. The van der Waals surface area contributed by atoms with E-state index in [1.165, 1.54) is 40.6 Å². The summed E-state index contributed by atoms with van der Waals surface area (Å²) in [6.45, 7) is 0. The molecular weight excluding hydrogens is 805 g/mol. The van der Waals surface area contributed by atoms with Crippen molar-refractivity contribution in [2.75, 3.05) is 0 Å². The number of benzene rings is 7. The van der Waals surface area contributed by atoms with E-state index in [2.05, 4.69) is 59.6 Å². The molecule has 12 rings (SSSR count). The van der Waals surface area contributed by atoms with E-state index >= 15 is 0 Å². The molecule has 0 amide bonds. The van der Waals surface area contributed by atoms with Crippen LogP contribution in [-0.4, -0.2) is 27.4 Å². The Balaban J connectivity index is 1.00. The SMILES string of the molecule is [2H]c1c([2H])c([2H])c(-c2cccc(-c3c([2H])c([2H])c([2H])c([2H])c3[2H])c2-[n+]2[c-]n(-c3cccc(Oc4ccc5c6ccccc6n(-c6c[c]7c(cn6)CC[CH2][Ge]76[CH2]CC[CH2]6)c5c4)c3)c3ccccc32)c([2H])c1[2H]. The zero-order valence-corrected chi connectivity index (χ0v) is 35.3. The third-order valence-electron chi connectivity index (χ3n) is 12.8. The molecule has 0 saturated carbocycles. The van der Waals surface area contributed by atoms with Crippen molar-refractivity contribution in [3.63, 3.8) is 0 Å². The maximum absolute atomic E-state index is 9.03. The number of imidazole rings is 1. The van der Waals surface area contributed by atoms with Gasteiger partial charge in [-0.05, 0) is 22.3 Å². The van der Waals surface area contributed by atoms with E-state index in [9.17, 15) is 0 Å². The molecule has 1 spiro atoms. The minimum Gasteiger partial charge on any atom is -0.0666 e.